The number of nitrogens with two attached hydrogens (primary N) is 1. The van der Waals surface area contributed by atoms with Crippen molar-refractivity contribution in [3.8, 4) is 6.01 Å². The molecule has 1 aliphatic heterocycles. The van der Waals surface area contributed by atoms with Gasteiger partial charge in [-0.2, -0.15) is 15.0 Å². The van der Waals surface area contributed by atoms with Crippen LogP contribution < -0.4 is 15.4 Å². The molecule has 1 saturated heterocycles. The summed E-state index contributed by atoms with van der Waals surface area (Å²) in [6, 6.07) is 0.593. The third-order valence-electron chi connectivity index (χ3n) is 3.01. The third kappa shape index (κ3) is 2.58. The molecule has 1 fully saturated rings. The van der Waals surface area contributed by atoms with Crippen molar-refractivity contribution in [2.75, 3.05) is 25.1 Å². The molecule has 7 heteroatoms. The van der Waals surface area contributed by atoms with Gasteiger partial charge in [0.1, 0.15) is 0 Å². The second kappa shape index (κ2) is 5.01. The van der Waals surface area contributed by atoms with Gasteiger partial charge < -0.3 is 15.4 Å². The molecule has 0 spiro atoms. The van der Waals surface area contributed by atoms with Crippen LogP contribution in [0.3, 0.4) is 0 Å². The van der Waals surface area contributed by atoms with Crippen LogP contribution in [0.1, 0.15) is 13.3 Å². The summed E-state index contributed by atoms with van der Waals surface area (Å²) in [6.07, 6.45) is 1.04. The molecular weight excluding hydrogens is 242 g/mol. The highest BCUT2D eigenvalue weighted by atomic mass is 35.5. The van der Waals surface area contributed by atoms with Crippen LogP contribution in [-0.4, -0.2) is 41.2 Å². The van der Waals surface area contributed by atoms with Crippen molar-refractivity contribution < 1.29 is 4.74 Å². The first-order valence-electron chi connectivity index (χ1n) is 5.56. The summed E-state index contributed by atoms with van der Waals surface area (Å²) in [5, 5.41) is 0.148. The molecule has 2 rings (SSSR count). The van der Waals surface area contributed by atoms with Gasteiger partial charge in [0.25, 0.3) is 0 Å². The lowest BCUT2D eigenvalue weighted by Crippen LogP contribution is -2.29. The van der Waals surface area contributed by atoms with Crippen molar-refractivity contribution in [2.45, 2.75) is 19.4 Å². The van der Waals surface area contributed by atoms with E-state index in [1.807, 2.05) is 0 Å². The molecule has 0 radical (unpaired) electrons. The van der Waals surface area contributed by atoms with Crippen LogP contribution in [0.25, 0.3) is 0 Å². The Morgan fingerprint density at radius 3 is 2.82 bits per heavy atom. The molecule has 17 heavy (non-hydrogen) atoms. The molecule has 2 heterocycles. The lowest BCUT2D eigenvalue weighted by molar-refractivity contribution is 0.378. The summed E-state index contributed by atoms with van der Waals surface area (Å²) in [6.45, 7) is 3.65. The second-order valence-electron chi connectivity index (χ2n) is 4.23. The van der Waals surface area contributed by atoms with E-state index >= 15 is 0 Å². The smallest absolute Gasteiger partial charge is 0.322 e. The minimum Gasteiger partial charge on any atom is -0.467 e. The van der Waals surface area contributed by atoms with E-state index < -0.39 is 0 Å². The Morgan fingerprint density at radius 2 is 2.24 bits per heavy atom. The molecule has 94 valence electrons. The van der Waals surface area contributed by atoms with E-state index in [1.165, 1.54) is 7.11 Å². The fraction of sp³-hybridized carbons (Fsp3) is 0.700. The summed E-state index contributed by atoms with van der Waals surface area (Å²) in [7, 11) is 1.51. The Hall–Kier alpha value is -1.14. The molecule has 6 nitrogen and oxygen atoms in total. The van der Waals surface area contributed by atoms with Gasteiger partial charge in [-0.3, -0.25) is 0 Å². The van der Waals surface area contributed by atoms with E-state index in [-0.39, 0.29) is 11.3 Å². The zero-order chi connectivity index (χ0) is 12.4. The Bertz CT molecular complexity index is 402. The topological polar surface area (TPSA) is 77.2 Å². The van der Waals surface area contributed by atoms with Crippen LogP contribution in [0.5, 0.6) is 6.01 Å². The maximum Gasteiger partial charge on any atom is 0.322 e. The second-order valence-corrected chi connectivity index (χ2v) is 4.57. The Morgan fingerprint density at radius 1 is 1.47 bits per heavy atom. The van der Waals surface area contributed by atoms with Crippen LogP contribution in [0, 0.1) is 5.92 Å². The highest BCUT2D eigenvalue weighted by Crippen LogP contribution is 2.27. The van der Waals surface area contributed by atoms with Gasteiger partial charge in [0, 0.05) is 12.6 Å². The molecule has 2 N–H and O–H groups in total. The van der Waals surface area contributed by atoms with E-state index in [0.717, 1.165) is 13.0 Å². The van der Waals surface area contributed by atoms with Crippen molar-refractivity contribution in [1.29, 1.82) is 0 Å². The highest BCUT2D eigenvalue weighted by Gasteiger charge is 2.30. The monoisotopic (exact) mass is 257 g/mol. The lowest BCUT2D eigenvalue weighted by Gasteiger charge is -2.21. The van der Waals surface area contributed by atoms with E-state index in [0.29, 0.717) is 24.5 Å². The van der Waals surface area contributed by atoms with E-state index in [2.05, 4.69) is 26.8 Å². The van der Waals surface area contributed by atoms with Gasteiger partial charge in [0.2, 0.25) is 11.2 Å². The molecular formula is C10H16ClN5O. The zero-order valence-electron chi connectivity index (χ0n) is 9.93. The molecule has 1 aromatic rings. The van der Waals surface area contributed by atoms with E-state index in [1.54, 1.807) is 0 Å². The normalized spacial score (nSPS) is 24.1. The Labute approximate surface area is 105 Å². The number of rotatable bonds is 3. The van der Waals surface area contributed by atoms with Gasteiger partial charge in [0.05, 0.1) is 7.11 Å². The number of aromatic nitrogens is 3. The first-order valence-corrected chi connectivity index (χ1v) is 5.94. The average molecular weight is 258 g/mol. The van der Waals surface area contributed by atoms with Gasteiger partial charge >= 0.3 is 6.01 Å². The predicted octanol–water partition coefficient (Wildman–Crippen LogP) is 0.707. The summed E-state index contributed by atoms with van der Waals surface area (Å²) in [5.41, 5.74) is 5.69. The molecule has 0 amide bonds. The molecule has 0 aromatic carbocycles. The van der Waals surface area contributed by atoms with Crippen LogP contribution in [-0.2, 0) is 0 Å². The SMILES string of the molecule is COc1nc(Cl)nc(N2CC(CN)CC2C)n1. The lowest BCUT2D eigenvalue weighted by atomic mass is 10.1. The van der Waals surface area contributed by atoms with Crippen LogP contribution in [0.2, 0.25) is 5.28 Å². The molecule has 0 saturated carbocycles. The van der Waals surface area contributed by atoms with Crippen LogP contribution >= 0.6 is 11.6 Å². The number of nitrogens with zero attached hydrogens (tertiary/aromatic N) is 4. The highest BCUT2D eigenvalue weighted by molar-refractivity contribution is 6.28. The first kappa shape index (κ1) is 12.3. The quantitative estimate of drug-likeness (QED) is 0.859. The number of methoxy groups -OCH3 is 1. The summed E-state index contributed by atoms with van der Waals surface area (Å²) in [4.78, 5) is 14.3. The summed E-state index contributed by atoms with van der Waals surface area (Å²) in [5.74, 6) is 1.04. The number of halogens is 1. The van der Waals surface area contributed by atoms with Crippen molar-refractivity contribution in [3.05, 3.63) is 5.28 Å². The Kier molecular flexibility index (Phi) is 3.63. The van der Waals surface area contributed by atoms with E-state index in [9.17, 15) is 0 Å². The number of ether oxygens (including phenoxy) is 1. The average Bonchev–Trinajstić information content (AvgIpc) is 2.69. The standard InChI is InChI=1S/C10H16ClN5O/c1-6-3-7(4-12)5-16(6)9-13-8(11)14-10(15-9)17-2/h6-7H,3-5,12H2,1-2H3. The molecule has 0 bridgehead atoms. The molecule has 1 aromatic heterocycles. The molecule has 2 unspecified atom stereocenters. The van der Waals surface area contributed by atoms with Crippen molar-refractivity contribution >= 4 is 17.5 Å². The van der Waals surface area contributed by atoms with Gasteiger partial charge in [-0.25, -0.2) is 0 Å². The Balaban J connectivity index is 2.24. The number of hydrogen-bond donors (Lipinski definition) is 1. The fourth-order valence-corrected chi connectivity index (χ4v) is 2.28. The van der Waals surface area contributed by atoms with Crippen LogP contribution in [0.15, 0.2) is 0 Å². The number of anilines is 1. The minimum atomic E-state index is 0.148. The largest absolute Gasteiger partial charge is 0.467 e. The summed E-state index contributed by atoms with van der Waals surface area (Å²) >= 11 is 5.83. The van der Waals surface area contributed by atoms with Crippen LogP contribution in [0.4, 0.5) is 5.95 Å². The fourth-order valence-electron chi connectivity index (χ4n) is 2.13. The zero-order valence-corrected chi connectivity index (χ0v) is 10.7. The maximum absolute atomic E-state index is 5.83. The van der Waals surface area contributed by atoms with Crippen molar-refractivity contribution in [1.82, 2.24) is 15.0 Å². The first-order chi connectivity index (χ1) is 8.13. The van der Waals surface area contributed by atoms with Gasteiger partial charge in [-0.05, 0) is 37.4 Å². The predicted molar refractivity (Wildman–Crippen MR) is 65.4 cm³/mol. The van der Waals surface area contributed by atoms with Crippen molar-refractivity contribution in [3.63, 3.8) is 0 Å². The minimum absolute atomic E-state index is 0.148. The van der Waals surface area contributed by atoms with Gasteiger partial charge in [-0.1, -0.05) is 0 Å². The molecule has 1 aliphatic rings. The van der Waals surface area contributed by atoms with Gasteiger partial charge in [0.15, 0.2) is 0 Å². The molecule has 0 aliphatic carbocycles. The maximum atomic E-state index is 5.83. The molecule has 2 atom stereocenters. The summed E-state index contributed by atoms with van der Waals surface area (Å²) < 4.78 is 4.99. The van der Waals surface area contributed by atoms with Crippen molar-refractivity contribution in [2.24, 2.45) is 11.7 Å². The number of hydrogen-bond acceptors (Lipinski definition) is 6. The third-order valence-corrected chi connectivity index (χ3v) is 3.18. The van der Waals surface area contributed by atoms with E-state index in [4.69, 9.17) is 22.1 Å². The van der Waals surface area contributed by atoms with Gasteiger partial charge in [-0.15, -0.1) is 0 Å².